The molecule has 2 aliphatic rings. The Morgan fingerprint density at radius 2 is 2.03 bits per heavy atom. The molecule has 2 fully saturated rings. The molecule has 4 aromatic heterocycles. The van der Waals surface area contributed by atoms with Gasteiger partial charge in [0.2, 0.25) is 5.91 Å². The molecule has 1 saturated heterocycles. The Morgan fingerprint density at radius 1 is 1.22 bits per heavy atom. The number of hydrogen-bond acceptors (Lipinski definition) is 5. The largest absolute Gasteiger partial charge is 0.355 e. The zero-order chi connectivity index (χ0) is 26.0. The molecule has 6 rings (SSSR count). The van der Waals surface area contributed by atoms with Gasteiger partial charge in [0.15, 0.2) is 5.65 Å². The van der Waals surface area contributed by atoms with E-state index in [-0.39, 0.29) is 5.91 Å². The number of thiophene rings is 1. The van der Waals surface area contributed by atoms with Gasteiger partial charge in [0.05, 0.1) is 12.2 Å². The highest BCUT2D eigenvalue weighted by Crippen LogP contribution is 2.53. The number of aromatic nitrogens is 4. The summed E-state index contributed by atoms with van der Waals surface area (Å²) in [6.07, 6.45) is 7.13. The number of carbonyl (C=O) groups is 1. The summed E-state index contributed by atoms with van der Waals surface area (Å²) in [5.41, 5.74) is 8.65. The summed E-state index contributed by atoms with van der Waals surface area (Å²) in [6.45, 7) is 15.7. The van der Waals surface area contributed by atoms with E-state index in [9.17, 15) is 4.79 Å². The Kier molecular flexibility index (Phi) is 6.15. The molecule has 37 heavy (non-hydrogen) atoms. The van der Waals surface area contributed by atoms with Crippen LogP contribution in [0.25, 0.3) is 27.1 Å². The average Bonchev–Trinajstić information content (AvgIpc) is 3.67. The van der Waals surface area contributed by atoms with Crippen LogP contribution in [0.5, 0.6) is 0 Å². The van der Waals surface area contributed by atoms with Gasteiger partial charge in [-0.15, -0.1) is 11.3 Å². The van der Waals surface area contributed by atoms with Gasteiger partial charge in [-0.2, -0.15) is 5.10 Å². The Balaban J connectivity index is 1.33. The number of amides is 1. The first-order valence-electron chi connectivity index (χ1n) is 13.7. The summed E-state index contributed by atoms with van der Waals surface area (Å²) in [5.74, 6) is 1.82. The molecule has 0 aromatic carbocycles. The van der Waals surface area contributed by atoms with E-state index in [0.717, 1.165) is 25.2 Å². The minimum Gasteiger partial charge on any atom is -0.355 e. The van der Waals surface area contributed by atoms with E-state index in [1.807, 2.05) is 15.9 Å². The van der Waals surface area contributed by atoms with Gasteiger partial charge in [-0.05, 0) is 80.0 Å². The molecular weight excluding hydrogens is 480 g/mol. The zero-order valence-electron chi connectivity index (χ0n) is 22.8. The quantitative estimate of drug-likeness (QED) is 0.329. The van der Waals surface area contributed by atoms with Gasteiger partial charge < -0.3 is 10.3 Å². The van der Waals surface area contributed by atoms with Crippen molar-refractivity contribution in [1.82, 2.24) is 29.8 Å². The first-order chi connectivity index (χ1) is 17.8. The fourth-order valence-electron chi connectivity index (χ4n) is 6.91. The van der Waals surface area contributed by atoms with E-state index < -0.39 is 0 Å². The van der Waals surface area contributed by atoms with Crippen LogP contribution in [0.2, 0.25) is 0 Å². The van der Waals surface area contributed by atoms with E-state index in [0.29, 0.717) is 30.3 Å². The molecule has 7 nitrogen and oxygen atoms in total. The number of aromatic amines is 1. The van der Waals surface area contributed by atoms with Crippen molar-refractivity contribution < 1.29 is 4.79 Å². The summed E-state index contributed by atoms with van der Waals surface area (Å²) in [7, 11) is 0. The highest BCUT2D eigenvalue weighted by atomic mass is 32.1. The van der Waals surface area contributed by atoms with Crippen molar-refractivity contribution in [3.63, 3.8) is 0 Å². The third-order valence-corrected chi connectivity index (χ3v) is 10.2. The smallest absolute Gasteiger partial charge is 0.234 e. The van der Waals surface area contributed by atoms with Gasteiger partial charge in [-0.1, -0.05) is 20.8 Å². The van der Waals surface area contributed by atoms with Gasteiger partial charge in [0.25, 0.3) is 0 Å². The normalized spacial score (nSPS) is 21.8. The third-order valence-electron chi connectivity index (χ3n) is 8.84. The fourth-order valence-corrected chi connectivity index (χ4v) is 8.35. The molecule has 1 saturated carbocycles. The number of rotatable bonds is 7. The molecule has 1 unspecified atom stereocenters. The molecule has 1 amide bonds. The van der Waals surface area contributed by atoms with Crippen molar-refractivity contribution in [1.29, 1.82) is 0 Å². The molecule has 1 aliphatic carbocycles. The first-order valence-corrected chi connectivity index (χ1v) is 14.6. The Hall–Kier alpha value is -2.71. The standard InChI is InChI=1S/C29H38N6OS/c1-7-8-30-23(36)13-34-11-19-9-20(34)10-21(19)27-18(6)25-24(15(2)3)26(33-29(25)37-27)22-12-35-28(31-14-32-35)17(5)16(22)4/h12,14-15,19-21,33H,7-11,13H2,1-6H3,(H,30,36)/t19-,20?,21+/m0/s1. The number of piperidine rings is 1. The summed E-state index contributed by atoms with van der Waals surface area (Å²) >= 11 is 1.96. The van der Waals surface area contributed by atoms with Crippen molar-refractivity contribution in [3.8, 4) is 11.3 Å². The molecule has 5 heterocycles. The maximum Gasteiger partial charge on any atom is 0.234 e. The third kappa shape index (κ3) is 3.91. The zero-order valence-corrected chi connectivity index (χ0v) is 23.6. The van der Waals surface area contributed by atoms with Gasteiger partial charge in [0.1, 0.15) is 11.2 Å². The number of nitrogens with zero attached hydrogens (tertiary/aromatic N) is 4. The number of H-pyrrole nitrogens is 1. The molecule has 0 spiro atoms. The summed E-state index contributed by atoms with van der Waals surface area (Å²) in [6, 6.07) is 0.530. The van der Waals surface area contributed by atoms with E-state index in [2.05, 4.69) is 73.0 Å². The number of pyridine rings is 1. The first kappa shape index (κ1) is 24.6. The van der Waals surface area contributed by atoms with Crippen molar-refractivity contribution in [2.24, 2.45) is 5.92 Å². The van der Waals surface area contributed by atoms with Crippen LogP contribution >= 0.6 is 11.3 Å². The van der Waals surface area contributed by atoms with Crippen LogP contribution in [0.4, 0.5) is 0 Å². The Bertz CT molecular complexity index is 1490. The lowest BCUT2D eigenvalue weighted by molar-refractivity contribution is -0.122. The van der Waals surface area contributed by atoms with Crippen molar-refractivity contribution >= 4 is 33.1 Å². The van der Waals surface area contributed by atoms with Crippen LogP contribution in [0.1, 0.15) is 79.0 Å². The monoisotopic (exact) mass is 518 g/mol. The molecule has 2 bridgehead atoms. The van der Waals surface area contributed by atoms with Crippen LogP contribution in [-0.4, -0.2) is 56.1 Å². The van der Waals surface area contributed by atoms with Crippen LogP contribution < -0.4 is 5.32 Å². The van der Waals surface area contributed by atoms with Crippen LogP contribution in [0, 0.1) is 26.7 Å². The number of aryl methyl sites for hydroxylation is 2. The number of likely N-dealkylation sites (tertiary alicyclic amines) is 1. The second-order valence-corrected chi connectivity index (χ2v) is 12.5. The lowest BCUT2D eigenvalue weighted by atomic mass is 9.88. The number of fused-ring (bicyclic) bond motifs is 4. The minimum atomic E-state index is 0.176. The molecule has 8 heteroatoms. The molecular formula is C29H38N6OS. The molecule has 4 aromatic rings. The lowest BCUT2D eigenvalue weighted by Gasteiger charge is -2.31. The molecule has 196 valence electrons. The average molecular weight is 519 g/mol. The van der Waals surface area contributed by atoms with Crippen molar-refractivity contribution in [2.45, 2.75) is 78.7 Å². The minimum absolute atomic E-state index is 0.176. The van der Waals surface area contributed by atoms with E-state index in [1.54, 1.807) is 11.2 Å². The van der Waals surface area contributed by atoms with E-state index in [4.69, 9.17) is 0 Å². The molecule has 3 atom stereocenters. The van der Waals surface area contributed by atoms with Gasteiger partial charge in [-0.3, -0.25) is 9.69 Å². The molecule has 1 aliphatic heterocycles. The lowest BCUT2D eigenvalue weighted by Crippen LogP contribution is -2.42. The molecule has 0 radical (unpaired) electrons. The maximum atomic E-state index is 12.3. The maximum absolute atomic E-state index is 12.3. The second kappa shape index (κ2) is 9.24. The van der Waals surface area contributed by atoms with Gasteiger partial charge >= 0.3 is 0 Å². The summed E-state index contributed by atoms with van der Waals surface area (Å²) < 4.78 is 1.90. The predicted molar refractivity (Wildman–Crippen MR) is 151 cm³/mol. The number of nitrogens with one attached hydrogen (secondary N) is 2. The highest BCUT2D eigenvalue weighted by molar-refractivity contribution is 7.19. The second-order valence-electron chi connectivity index (χ2n) is 11.5. The van der Waals surface area contributed by atoms with Gasteiger partial charge in [0, 0.05) is 41.2 Å². The highest BCUT2D eigenvalue weighted by Gasteiger charge is 2.46. The van der Waals surface area contributed by atoms with Crippen molar-refractivity contribution in [2.75, 3.05) is 19.6 Å². The van der Waals surface area contributed by atoms with Crippen LogP contribution in [0.15, 0.2) is 12.5 Å². The number of carbonyl (C=O) groups excluding carboxylic acids is 1. The van der Waals surface area contributed by atoms with Crippen LogP contribution in [0.3, 0.4) is 0 Å². The SMILES string of the molecule is CCCNC(=O)CN1C[C@@H]2CC1C[C@H]2c1sc2[nH]c(-c3cn4ncnc4c(C)c3C)c(C(C)C)c2c1C. The van der Waals surface area contributed by atoms with E-state index >= 15 is 0 Å². The Labute approximate surface area is 222 Å². The fraction of sp³-hybridized carbons (Fsp3) is 0.552. The van der Waals surface area contributed by atoms with E-state index in [1.165, 1.54) is 56.6 Å². The van der Waals surface area contributed by atoms with Gasteiger partial charge in [-0.25, -0.2) is 9.50 Å². The van der Waals surface area contributed by atoms with Crippen molar-refractivity contribution in [3.05, 3.63) is 39.7 Å². The summed E-state index contributed by atoms with van der Waals surface area (Å²) in [5, 5.41) is 8.89. The summed E-state index contributed by atoms with van der Waals surface area (Å²) in [4.78, 5) is 25.9. The number of hydrogen-bond donors (Lipinski definition) is 2. The topological polar surface area (TPSA) is 78.3 Å². The van der Waals surface area contributed by atoms with Crippen LogP contribution in [-0.2, 0) is 4.79 Å². The predicted octanol–water partition coefficient (Wildman–Crippen LogP) is 5.69. The molecule has 2 N–H and O–H groups in total. The Morgan fingerprint density at radius 3 is 2.73 bits per heavy atom.